The van der Waals surface area contributed by atoms with Crippen LogP contribution in [0, 0.1) is 0 Å². The first kappa shape index (κ1) is 15.4. The van der Waals surface area contributed by atoms with Crippen LogP contribution in [0.5, 0.6) is 0 Å². The summed E-state index contributed by atoms with van der Waals surface area (Å²) in [6.45, 7) is 1.70. The number of rotatable bonds is 3. The normalized spacial score (nSPS) is 17.8. The summed E-state index contributed by atoms with van der Waals surface area (Å²) < 4.78 is 13.3. The Hall–Kier alpha value is -2.14. The van der Waals surface area contributed by atoms with Crippen molar-refractivity contribution in [3.63, 3.8) is 0 Å². The van der Waals surface area contributed by atoms with Gasteiger partial charge in [-0.05, 0) is 18.2 Å². The molecule has 1 aromatic heterocycles. The van der Waals surface area contributed by atoms with E-state index in [2.05, 4.69) is 18.2 Å². The molecule has 4 nitrogen and oxygen atoms in total. The average molecular weight is 341 g/mol. The molecule has 0 saturated carbocycles. The zero-order valence-corrected chi connectivity index (χ0v) is 13.8. The minimum absolute atomic E-state index is 0.220. The van der Waals surface area contributed by atoms with Gasteiger partial charge in [-0.1, -0.05) is 54.1 Å². The van der Waals surface area contributed by atoms with Gasteiger partial charge < -0.3 is 9.47 Å². The van der Waals surface area contributed by atoms with Crippen molar-refractivity contribution < 1.29 is 9.47 Å². The fourth-order valence-corrected chi connectivity index (χ4v) is 2.94. The fourth-order valence-electron chi connectivity index (χ4n) is 2.82. The molecule has 1 aliphatic rings. The molecule has 0 radical (unpaired) electrons. The van der Waals surface area contributed by atoms with Crippen LogP contribution in [0.3, 0.4) is 0 Å². The molecule has 4 rings (SSSR count). The summed E-state index contributed by atoms with van der Waals surface area (Å²) in [5, 5.41) is 5.49. The Morgan fingerprint density at radius 2 is 1.75 bits per heavy atom. The largest absolute Gasteiger partial charge is 0.374 e. The van der Waals surface area contributed by atoms with Crippen LogP contribution in [-0.4, -0.2) is 29.6 Å². The predicted molar refractivity (Wildman–Crippen MR) is 93.9 cm³/mol. The van der Waals surface area contributed by atoms with Gasteiger partial charge in [-0.3, -0.25) is 0 Å². The molecule has 1 aliphatic heterocycles. The van der Waals surface area contributed by atoms with Gasteiger partial charge in [-0.2, -0.15) is 5.10 Å². The summed E-state index contributed by atoms with van der Waals surface area (Å²) in [6, 6.07) is 20.0. The monoisotopic (exact) mass is 340 g/mol. The second kappa shape index (κ2) is 6.77. The van der Waals surface area contributed by atoms with Crippen molar-refractivity contribution in [3.05, 3.63) is 65.7 Å². The maximum absolute atomic E-state index is 6.02. The molecule has 0 aliphatic carbocycles. The highest BCUT2D eigenvalue weighted by atomic mass is 35.5. The molecule has 0 spiro atoms. The van der Waals surface area contributed by atoms with E-state index in [1.54, 1.807) is 0 Å². The smallest absolute Gasteiger partial charge is 0.174 e. The molecule has 0 bridgehead atoms. The molecule has 5 heteroatoms. The van der Waals surface area contributed by atoms with Gasteiger partial charge >= 0.3 is 0 Å². The van der Waals surface area contributed by atoms with Crippen LogP contribution < -0.4 is 0 Å². The third-order valence-corrected chi connectivity index (χ3v) is 4.27. The van der Waals surface area contributed by atoms with Crippen molar-refractivity contribution in [2.24, 2.45) is 0 Å². The van der Waals surface area contributed by atoms with E-state index in [9.17, 15) is 0 Å². The quantitative estimate of drug-likeness (QED) is 0.708. The Balaban J connectivity index is 1.80. The topological polar surface area (TPSA) is 36.3 Å². The summed E-state index contributed by atoms with van der Waals surface area (Å²) in [5.41, 5.74) is 4.02. The molecule has 1 atom stereocenters. The van der Waals surface area contributed by atoms with Crippen molar-refractivity contribution in [2.75, 3.05) is 19.8 Å². The molecule has 0 amide bonds. The van der Waals surface area contributed by atoms with E-state index in [0.29, 0.717) is 24.8 Å². The van der Waals surface area contributed by atoms with Crippen LogP contribution >= 0.6 is 11.6 Å². The van der Waals surface area contributed by atoms with Crippen molar-refractivity contribution in [1.29, 1.82) is 0 Å². The van der Waals surface area contributed by atoms with Crippen molar-refractivity contribution in [2.45, 2.75) is 6.23 Å². The van der Waals surface area contributed by atoms with Crippen LogP contribution in [0.4, 0.5) is 0 Å². The van der Waals surface area contributed by atoms with Crippen molar-refractivity contribution in [3.8, 4) is 22.5 Å². The van der Waals surface area contributed by atoms with Gasteiger partial charge in [-0.15, -0.1) is 0 Å². The highest BCUT2D eigenvalue weighted by molar-refractivity contribution is 6.30. The van der Waals surface area contributed by atoms with E-state index in [4.69, 9.17) is 26.2 Å². The number of benzene rings is 2. The van der Waals surface area contributed by atoms with Gasteiger partial charge in [0, 0.05) is 16.1 Å². The standard InChI is InChI=1S/C19H17ClN2O2/c20-16-8-6-15(7-9-16)18-12-17(14-4-2-1-3-5-14)21-22(18)19-13-23-10-11-24-19/h1-9,12,19H,10-11,13H2. The zero-order valence-electron chi connectivity index (χ0n) is 13.1. The lowest BCUT2D eigenvalue weighted by Gasteiger charge is -2.24. The predicted octanol–water partition coefficient (Wildman–Crippen LogP) is 4.42. The zero-order chi connectivity index (χ0) is 16.4. The highest BCUT2D eigenvalue weighted by Crippen LogP contribution is 2.30. The van der Waals surface area contributed by atoms with E-state index in [0.717, 1.165) is 22.5 Å². The average Bonchev–Trinajstić information content (AvgIpc) is 3.09. The molecule has 122 valence electrons. The van der Waals surface area contributed by atoms with E-state index in [-0.39, 0.29) is 6.23 Å². The summed E-state index contributed by atoms with van der Waals surface area (Å²) >= 11 is 6.02. The fraction of sp³-hybridized carbons (Fsp3) is 0.211. The van der Waals surface area contributed by atoms with Crippen LogP contribution in [0.25, 0.3) is 22.5 Å². The Morgan fingerprint density at radius 1 is 0.958 bits per heavy atom. The Morgan fingerprint density at radius 3 is 2.46 bits per heavy atom. The molecule has 2 aromatic carbocycles. The Labute approximate surface area is 145 Å². The summed E-state index contributed by atoms with van der Waals surface area (Å²) in [7, 11) is 0. The van der Waals surface area contributed by atoms with Gasteiger partial charge in [-0.25, -0.2) is 4.68 Å². The minimum atomic E-state index is -0.220. The molecular formula is C19H17ClN2O2. The minimum Gasteiger partial charge on any atom is -0.374 e. The van der Waals surface area contributed by atoms with Crippen LogP contribution in [0.1, 0.15) is 6.23 Å². The number of aromatic nitrogens is 2. The first-order valence-electron chi connectivity index (χ1n) is 7.91. The molecule has 3 aromatic rings. The lowest BCUT2D eigenvalue weighted by molar-refractivity contribution is -0.126. The maximum atomic E-state index is 6.02. The van der Waals surface area contributed by atoms with Gasteiger partial charge in [0.05, 0.1) is 31.2 Å². The van der Waals surface area contributed by atoms with Gasteiger partial charge in [0.2, 0.25) is 0 Å². The first-order chi connectivity index (χ1) is 11.8. The van der Waals surface area contributed by atoms with E-state index in [1.165, 1.54) is 0 Å². The van der Waals surface area contributed by atoms with E-state index >= 15 is 0 Å². The molecule has 1 saturated heterocycles. The summed E-state index contributed by atoms with van der Waals surface area (Å²) in [5.74, 6) is 0. The second-order valence-corrected chi connectivity index (χ2v) is 6.07. The van der Waals surface area contributed by atoms with Crippen LogP contribution in [0.2, 0.25) is 5.02 Å². The molecule has 1 fully saturated rings. The Kier molecular flexibility index (Phi) is 4.34. The van der Waals surface area contributed by atoms with Crippen LogP contribution in [0.15, 0.2) is 60.7 Å². The lowest BCUT2D eigenvalue weighted by Crippen LogP contribution is -2.27. The number of ether oxygens (including phenoxy) is 2. The first-order valence-corrected chi connectivity index (χ1v) is 8.29. The van der Waals surface area contributed by atoms with Gasteiger partial charge in [0.1, 0.15) is 0 Å². The lowest BCUT2D eigenvalue weighted by atomic mass is 10.1. The maximum Gasteiger partial charge on any atom is 0.174 e. The van der Waals surface area contributed by atoms with Crippen molar-refractivity contribution >= 4 is 11.6 Å². The molecule has 0 N–H and O–H groups in total. The van der Waals surface area contributed by atoms with E-state index in [1.807, 2.05) is 47.1 Å². The third kappa shape index (κ3) is 3.08. The van der Waals surface area contributed by atoms with E-state index < -0.39 is 0 Å². The van der Waals surface area contributed by atoms with Gasteiger partial charge in [0.25, 0.3) is 0 Å². The van der Waals surface area contributed by atoms with Crippen molar-refractivity contribution in [1.82, 2.24) is 9.78 Å². The SMILES string of the molecule is Clc1ccc(-c2cc(-c3ccccc3)nn2C2COCCO2)cc1. The summed E-state index contributed by atoms with van der Waals surface area (Å²) in [6.07, 6.45) is -0.220. The number of hydrogen-bond acceptors (Lipinski definition) is 3. The Bertz CT molecular complexity index is 809. The second-order valence-electron chi connectivity index (χ2n) is 5.63. The molecule has 1 unspecified atom stereocenters. The van der Waals surface area contributed by atoms with Gasteiger partial charge in [0.15, 0.2) is 6.23 Å². The molecular weight excluding hydrogens is 324 g/mol. The highest BCUT2D eigenvalue weighted by Gasteiger charge is 2.22. The third-order valence-electron chi connectivity index (χ3n) is 4.02. The number of halogens is 1. The van der Waals surface area contributed by atoms with Crippen LogP contribution in [-0.2, 0) is 9.47 Å². The number of hydrogen-bond donors (Lipinski definition) is 0. The number of nitrogens with zero attached hydrogens (tertiary/aromatic N) is 2. The summed E-state index contributed by atoms with van der Waals surface area (Å²) in [4.78, 5) is 0. The molecule has 2 heterocycles. The molecule has 24 heavy (non-hydrogen) atoms.